The maximum atomic E-state index is 11.7. The Hall–Kier alpha value is -2.37. The van der Waals surface area contributed by atoms with Gasteiger partial charge in [0.25, 0.3) is 5.91 Å². The first-order chi connectivity index (χ1) is 11.2. The smallest absolute Gasteiger partial charge is 0.258 e. The molecular formula is C18H27N3O3. The molecule has 1 aromatic carbocycles. The standard InChI is InChI=1S/C18H27N3O3/c1-13(2)10-16(22)21-19-11-14-6-8-15(9-7-14)24-12-17(23)20-18(3,4)5/h6-9,11,13H,10,12H2,1-5H3,(H,20,23)(H,21,22)/b19-11-. The predicted octanol–water partition coefficient (Wildman–Crippen LogP) is 2.48. The number of hydrogen-bond donors (Lipinski definition) is 2. The number of hydrogen-bond acceptors (Lipinski definition) is 4. The quantitative estimate of drug-likeness (QED) is 0.594. The molecule has 132 valence electrons. The molecule has 0 saturated carbocycles. The van der Waals surface area contributed by atoms with Gasteiger partial charge in [-0.15, -0.1) is 0 Å². The van der Waals surface area contributed by atoms with Gasteiger partial charge >= 0.3 is 0 Å². The van der Waals surface area contributed by atoms with Gasteiger partial charge in [0.05, 0.1) is 6.21 Å². The molecule has 0 aromatic heterocycles. The number of carbonyl (C=O) groups excluding carboxylic acids is 2. The molecule has 0 aliphatic rings. The van der Waals surface area contributed by atoms with E-state index in [0.29, 0.717) is 18.1 Å². The Kier molecular flexibility index (Phi) is 7.42. The van der Waals surface area contributed by atoms with E-state index in [-0.39, 0.29) is 24.0 Å². The summed E-state index contributed by atoms with van der Waals surface area (Å²) in [4.78, 5) is 23.1. The van der Waals surface area contributed by atoms with Crippen LogP contribution in [0.3, 0.4) is 0 Å². The monoisotopic (exact) mass is 333 g/mol. The van der Waals surface area contributed by atoms with Crippen molar-refractivity contribution >= 4 is 18.0 Å². The van der Waals surface area contributed by atoms with E-state index in [4.69, 9.17) is 4.74 Å². The van der Waals surface area contributed by atoms with E-state index in [1.54, 1.807) is 30.5 Å². The largest absolute Gasteiger partial charge is 0.484 e. The fraction of sp³-hybridized carbons (Fsp3) is 0.500. The Bertz CT molecular complexity index is 572. The van der Waals surface area contributed by atoms with Gasteiger partial charge in [0, 0.05) is 12.0 Å². The highest BCUT2D eigenvalue weighted by Gasteiger charge is 2.13. The summed E-state index contributed by atoms with van der Waals surface area (Å²) in [5, 5.41) is 6.74. The van der Waals surface area contributed by atoms with Gasteiger partial charge in [-0.2, -0.15) is 5.10 Å². The van der Waals surface area contributed by atoms with E-state index in [9.17, 15) is 9.59 Å². The lowest BCUT2D eigenvalue weighted by Gasteiger charge is -2.20. The Morgan fingerprint density at radius 2 is 1.79 bits per heavy atom. The first-order valence-electron chi connectivity index (χ1n) is 8.01. The molecule has 2 N–H and O–H groups in total. The number of hydrazone groups is 1. The van der Waals surface area contributed by atoms with Crippen LogP contribution in [0.4, 0.5) is 0 Å². The Labute approximate surface area is 143 Å². The van der Waals surface area contributed by atoms with Gasteiger partial charge in [-0.1, -0.05) is 13.8 Å². The molecule has 0 aliphatic carbocycles. The molecule has 0 fully saturated rings. The van der Waals surface area contributed by atoms with Crippen LogP contribution < -0.4 is 15.5 Å². The molecule has 2 amide bonds. The third-order valence-corrected chi connectivity index (χ3v) is 2.76. The zero-order valence-corrected chi connectivity index (χ0v) is 15.1. The summed E-state index contributed by atoms with van der Waals surface area (Å²) >= 11 is 0. The van der Waals surface area contributed by atoms with E-state index in [0.717, 1.165) is 5.56 Å². The molecule has 0 aliphatic heterocycles. The van der Waals surface area contributed by atoms with Crippen molar-refractivity contribution in [1.82, 2.24) is 10.7 Å². The van der Waals surface area contributed by atoms with Gasteiger partial charge in [0.15, 0.2) is 6.61 Å². The lowest BCUT2D eigenvalue weighted by molar-refractivity contribution is -0.124. The minimum atomic E-state index is -0.277. The van der Waals surface area contributed by atoms with Crippen LogP contribution in [0.1, 0.15) is 46.6 Å². The summed E-state index contributed by atoms with van der Waals surface area (Å²) in [6, 6.07) is 7.10. The van der Waals surface area contributed by atoms with Crippen LogP contribution in [0.2, 0.25) is 0 Å². The van der Waals surface area contributed by atoms with Crippen LogP contribution in [0, 0.1) is 5.92 Å². The first-order valence-corrected chi connectivity index (χ1v) is 8.01. The Morgan fingerprint density at radius 1 is 1.17 bits per heavy atom. The molecule has 0 spiro atoms. The van der Waals surface area contributed by atoms with Crippen LogP contribution in [0.15, 0.2) is 29.4 Å². The minimum Gasteiger partial charge on any atom is -0.484 e. The molecule has 1 aromatic rings. The maximum absolute atomic E-state index is 11.7. The third kappa shape index (κ3) is 8.92. The topological polar surface area (TPSA) is 79.8 Å². The van der Waals surface area contributed by atoms with Crippen molar-refractivity contribution in [3.63, 3.8) is 0 Å². The molecule has 6 nitrogen and oxygen atoms in total. The lowest BCUT2D eigenvalue weighted by Crippen LogP contribution is -2.43. The van der Waals surface area contributed by atoms with Crippen LogP contribution in [-0.2, 0) is 9.59 Å². The minimum absolute atomic E-state index is 0.0318. The second kappa shape index (κ2) is 9.05. The maximum Gasteiger partial charge on any atom is 0.258 e. The molecule has 0 unspecified atom stereocenters. The second-order valence-corrected chi connectivity index (χ2v) is 7.05. The summed E-state index contributed by atoms with van der Waals surface area (Å²) in [6.45, 7) is 9.67. The van der Waals surface area contributed by atoms with Gasteiger partial charge in [0.2, 0.25) is 5.91 Å². The fourth-order valence-corrected chi connectivity index (χ4v) is 1.85. The van der Waals surface area contributed by atoms with Gasteiger partial charge < -0.3 is 10.1 Å². The number of amides is 2. The first kappa shape index (κ1) is 19.7. The van der Waals surface area contributed by atoms with Gasteiger partial charge in [-0.05, 0) is 56.5 Å². The molecule has 0 heterocycles. The summed E-state index contributed by atoms with van der Waals surface area (Å²) in [5.41, 5.74) is 3.03. The van der Waals surface area contributed by atoms with Gasteiger partial charge in [-0.25, -0.2) is 5.43 Å². The predicted molar refractivity (Wildman–Crippen MR) is 95.0 cm³/mol. The van der Waals surface area contributed by atoms with Crippen molar-refractivity contribution in [3.8, 4) is 5.75 Å². The van der Waals surface area contributed by atoms with Gasteiger partial charge in [0.1, 0.15) is 5.75 Å². The number of benzene rings is 1. The van der Waals surface area contributed by atoms with Crippen molar-refractivity contribution in [3.05, 3.63) is 29.8 Å². The van der Waals surface area contributed by atoms with Crippen LogP contribution in [0.5, 0.6) is 5.75 Å². The zero-order chi connectivity index (χ0) is 18.2. The molecular weight excluding hydrogens is 306 g/mol. The number of rotatable bonds is 7. The molecule has 0 saturated heterocycles. The van der Waals surface area contributed by atoms with Crippen molar-refractivity contribution in [1.29, 1.82) is 0 Å². The van der Waals surface area contributed by atoms with E-state index in [2.05, 4.69) is 15.8 Å². The molecule has 6 heteroatoms. The van der Waals surface area contributed by atoms with Crippen molar-refractivity contribution in [2.75, 3.05) is 6.61 Å². The normalized spacial score (nSPS) is 11.6. The number of carbonyl (C=O) groups is 2. The van der Waals surface area contributed by atoms with E-state index >= 15 is 0 Å². The molecule has 0 radical (unpaired) electrons. The number of ether oxygens (including phenoxy) is 1. The highest BCUT2D eigenvalue weighted by atomic mass is 16.5. The number of nitrogens with one attached hydrogen (secondary N) is 2. The van der Waals surface area contributed by atoms with Crippen molar-refractivity contribution < 1.29 is 14.3 Å². The second-order valence-electron chi connectivity index (χ2n) is 7.05. The third-order valence-electron chi connectivity index (χ3n) is 2.76. The molecule has 24 heavy (non-hydrogen) atoms. The molecule has 1 rings (SSSR count). The van der Waals surface area contributed by atoms with Crippen LogP contribution in [-0.4, -0.2) is 30.2 Å². The van der Waals surface area contributed by atoms with Crippen LogP contribution in [0.25, 0.3) is 0 Å². The molecule has 0 bridgehead atoms. The SMILES string of the molecule is CC(C)CC(=O)N/N=C\c1ccc(OCC(=O)NC(C)(C)C)cc1. The average molecular weight is 333 g/mol. The summed E-state index contributed by atoms with van der Waals surface area (Å²) < 4.78 is 5.43. The highest BCUT2D eigenvalue weighted by Crippen LogP contribution is 2.11. The van der Waals surface area contributed by atoms with Crippen LogP contribution >= 0.6 is 0 Å². The Morgan fingerprint density at radius 3 is 2.33 bits per heavy atom. The highest BCUT2D eigenvalue weighted by molar-refractivity contribution is 5.82. The fourth-order valence-electron chi connectivity index (χ4n) is 1.85. The van der Waals surface area contributed by atoms with Crippen molar-refractivity contribution in [2.24, 2.45) is 11.0 Å². The van der Waals surface area contributed by atoms with Gasteiger partial charge in [-0.3, -0.25) is 9.59 Å². The van der Waals surface area contributed by atoms with E-state index < -0.39 is 0 Å². The molecule has 0 atom stereocenters. The lowest BCUT2D eigenvalue weighted by atomic mass is 10.1. The summed E-state index contributed by atoms with van der Waals surface area (Å²) in [6.07, 6.45) is 2.01. The zero-order valence-electron chi connectivity index (χ0n) is 15.1. The number of nitrogens with zero attached hydrogens (tertiary/aromatic N) is 1. The Balaban J connectivity index is 2.43. The van der Waals surface area contributed by atoms with Crippen molar-refractivity contribution in [2.45, 2.75) is 46.6 Å². The summed E-state index contributed by atoms with van der Waals surface area (Å²) in [5.74, 6) is 0.624. The van der Waals surface area contributed by atoms with E-state index in [1.165, 1.54) is 0 Å². The van der Waals surface area contributed by atoms with E-state index in [1.807, 2.05) is 34.6 Å². The summed E-state index contributed by atoms with van der Waals surface area (Å²) in [7, 11) is 0. The average Bonchev–Trinajstić information content (AvgIpc) is 2.44.